The smallest absolute Gasteiger partial charge is 0.276 e. The first-order valence-corrected chi connectivity index (χ1v) is 10.1. The van der Waals surface area contributed by atoms with Gasteiger partial charge in [-0.25, -0.2) is 19.9 Å². The third-order valence-corrected chi connectivity index (χ3v) is 5.76. The summed E-state index contributed by atoms with van der Waals surface area (Å²) < 4.78 is 0. The van der Waals surface area contributed by atoms with Crippen LogP contribution in [0.15, 0.2) is 29.2 Å². The van der Waals surface area contributed by atoms with E-state index in [0.717, 1.165) is 36.6 Å². The Morgan fingerprint density at radius 2 is 2.23 bits per heavy atom. The van der Waals surface area contributed by atoms with Gasteiger partial charge in [0.15, 0.2) is 5.13 Å². The van der Waals surface area contributed by atoms with Crippen LogP contribution in [0.25, 0.3) is 0 Å². The average Bonchev–Trinajstić information content (AvgIpc) is 3.38. The second kappa shape index (κ2) is 7.56. The van der Waals surface area contributed by atoms with Crippen LogP contribution in [0.5, 0.6) is 0 Å². The van der Waals surface area contributed by atoms with Gasteiger partial charge in [0.25, 0.3) is 5.91 Å². The number of rotatable bonds is 5. The summed E-state index contributed by atoms with van der Waals surface area (Å²) in [5.41, 5.74) is 1.44. The highest BCUT2D eigenvalue weighted by Gasteiger charge is 2.29. The van der Waals surface area contributed by atoms with Crippen LogP contribution in [0, 0.1) is 6.92 Å². The van der Waals surface area contributed by atoms with E-state index < -0.39 is 0 Å². The van der Waals surface area contributed by atoms with E-state index in [9.17, 15) is 4.79 Å². The largest absolute Gasteiger partial charge is 0.296 e. The van der Waals surface area contributed by atoms with Gasteiger partial charge < -0.3 is 0 Å². The number of nitrogens with zero attached hydrogens (tertiary/aromatic N) is 5. The van der Waals surface area contributed by atoms with Crippen molar-refractivity contribution in [3.05, 3.63) is 51.4 Å². The Morgan fingerprint density at radius 3 is 3.00 bits per heavy atom. The van der Waals surface area contributed by atoms with E-state index in [4.69, 9.17) is 0 Å². The predicted octanol–water partition coefficient (Wildman–Crippen LogP) is 3.29. The molecular weight excluding hydrogens is 368 g/mol. The number of hydrogen-bond acceptors (Lipinski definition) is 8. The Hall–Kier alpha value is -2.23. The van der Waals surface area contributed by atoms with Gasteiger partial charge in [-0.15, -0.1) is 22.7 Å². The third kappa shape index (κ3) is 3.79. The van der Waals surface area contributed by atoms with Crippen molar-refractivity contribution in [2.45, 2.75) is 32.4 Å². The summed E-state index contributed by atoms with van der Waals surface area (Å²) in [4.78, 5) is 32.3. The molecule has 7 nitrogen and oxygen atoms in total. The molecule has 9 heteroatoms. The third-order valence-electron chi connectivity index (χ3n) is 4.25. The van der Waals surface area contributed by atoms with E-state index in [1.54, 1.807) is 29.8 Å². The molecule has 1 saturated heterocycles. The number of nitrogens with one attached hydrogen (secondary N) is 1. The van der Waals surface area contributed by atoms with Gasteiger partial charge in [0, 0.05) is 29.7 Å². The number of carbonyl (C=O) groups excluding carboxylic acids is 1. The Morgan fingerprint density at radius 1 is 1.31 bits per heavy atom. The summed E-state index contributed by atoms with van der Waals surface area (Å²) in [6.45, 7) is 3.79. The molecule has 4 heterocycles. The lowest BCUT2D eigenvalue weighted by Crippen LogP contribution is -2.25. The van der Waals surface area contributed by atoms with Crippen molar-refractivity contribution < 1.29 is 4.79 Å². The van der Waals surface area contributed by atoms with Gasteiger partial charge in [0.05, 0.1) is 16.7 Å². The summed E-state index contributed by atoms with van der Waals surface area (Å²) in [5.74, 6) is 0.435. The van der Waals surface area contributed by atoms with Crippen molar-refractivity contribution in [3.63, 3.8) is 0 Å². The number of anilines is 1. The van der Waals surface area contributed by atoms with Crippen molar-refractivity contribution in [1.82, 2.24) is 24.8 Å². The maximum atomic E-state index is 12.4. The Balaban J connectivity index is 1.50. The second-order valence-electron chi connectivity index (χ2n) is 6.08. The zero-order valence-corrected chi connectivity index (χ0v) is 15.9. The summed E-state index contributed by atoms with van der Waals surface area (Å²) in [6, 6.07) is 1.75. The van der Waals surface area contributed by atoms with Crippen LogP contribution in [0.4, 0.5) is 5.13 Å². The highest BCUT2D eigenvalue weighted by molar-refractivity contribution is 7.13. The topological polar surface area (TPSA) is 83.9 Å². The van der Waals surface area contributed by atoms with Gasteiger partial charge in [0.1, 0.15) is 11.5 Å². The van der Waals surface area contributed by atoms with E-state index in [1.165, 1.54) is 11.3 Å². The van der Waals surface area contributed by atoms with Gasteiger partial charge in [-0.3, -0.25) is 15.0 Å². The van der Waals surface area contributed by atoms with Crippen molar-refractivity contribution in [1.29, 1.82) is 0 Å². The van der Waals surface area contributed by atoms with Crippen molar-refractivity contribution in [2.24, 2.45) is 0 Å². The molecular formula is C17H18N6OS2. The van der Waals surface area contributed by atoms with E-state index in [1.807, 2.05) is 12.3 Å². The molecule has 0 aromatic carbocycles. The standard InChI is InChI=1S/C17H18N6OS2/c1-11-20-12(10-26-11)9-23-7-2-3-14(23)15-18-5-4-13(21-15)16(24)22-17-19-6-8-25-17/h4-6,8,10,14H,2-3,7,9H2,1H3,(H,19,22,24). The fraction of sp³-hybridized carbons (Fsp3) is 0.353. The number of amides is 1. The number of aryl methyl sites for hydroxylation is 1. The van der Waals surface area contributed by atoms with Gasteiger partial charge in [-0.05, 0) is 32.4 Å². The maximum absolute atomic E-state index is 12.4. The van der Waals surface area contributed by atoms with Crippen LogP contribution in [-0.2, 0) is 6.54 Å². The quantitative estimate of drug-likeness (QED) is 0.724. The molecule has 4 rings (SSSR count). The molecule has 1 aliphatic rings. The summed E-state index contributed by atoms with van der Waals surface area (Å²) in [7, 11) is 0. The van der Waals surface area contributed by atoms with Crippen LogP contribution in [0.2, 0.25) is 0 Å². The van der Waals surface area contributed by atoms with Gasteiger partial charge >= 0.3 is 0 Å². The number of carbonyl (C=O) groups is 1. The van der Waals surface area contributed by atoms with E-state index in [0.29, 0.717) is 16.6 Å². The van der Waals surface area contributed by atoms with Gasteiger partial charge in [0.2, 0.25) is 0 Å². The fourth-order valence-corrected chi connectivity index (χ4v) is 4.23. The molecule has 0 saturated carbocycles. The first-order valence-electron chi connectivity index (χ1n) is 8.38. The molecule has 0 aliphatic carbocycles. The first-order chi connectivity index (χ1) is 12.7. The Labute approximate surface area is 159 Å². The van der Waals surface area contributed by atoms with Crippen LogP contribution >= 0.6 is 22.7 Å². The van der Waals surface area contributed by atoms with Crippen LogP contribution in [-0.4, -0.2) is 37.3 Å². The van der Waals surface area contributed by atoms with Crippen molar-refractivity contribution in [3.8, 4) is 0 Å². The lowest BCUT2D eigenvalue weighted by Gasteiger charge is -2.22. The highest BCUT2D eigenvalue weighted by atomic mass is 32.1. The normalized spacial score (nSPS) is 17.5. The maximum Gasteiger partial charge on any atom is 0.276 e. The van der Waals surface area contributed by atoms with Crippen molar-refractivity contribution >= 4 is 33.7 Å². The molecule has 134 valence electrons. The van der Waals surface area contributed by atoms with Gasteiger partial charge in [-0.2, -0.15) is 0 Å². The van der Waals surface area contributed by atoms with E-state index >= 15 is 0 Å². The molecule has 0 spiro atoms. The van der Waals surface area contributed by atoms with Crippen molar-refractivity contribution in [2.75, 3.05) is 11.9 Å². The summed E-state index contributed by atoms with van der Waals surface area (Å²) >= 11 is 3.04. The van der Waals surface area contributed by atoms with Crippen LogP contribution in [0.3, 0.4) is 0 Å². The fourth-order valence-electron chi connectivity index (χ4n) is 3.10. The first kappa shape index (κ1) is 17.2. The monoisotopic (exact) mass is 386 g/mol. The number of likely N-dealkylation sites (tertiary alicyclic amines) is 1. The molecule has 3 aromatic heterocycles. The lowest BCUT2D eigenvalue weighted by atomic mass is 10.2. The zero-order chi connectivity index (χ0) is 17.9. The number of hydrogen-bond donors (Lipinski definition) is 1. The molecule has 1 atom stereocenters. The molecule has 1 fully saturated rings. The molecule has 1 unspecified atom stereocenters. The van der Waals surface area contributed by atoms with Crippen LogP contribution < -0.4 is 5.32 Å². The Bertz CT molecular complexity index is 894. The zero-order valence-electron chi connectivity index (χ0n) is 14.3. The number of aromatic nitrogens is 4. The lowest BCUT2D eigenvalue weighted by molar-refractivity contribution is 0.102. The minimum absolute atomic E-state index is 0.115. The van der Waals surface area contributed by atoms with Gasteiger partial charge in [-0.1, -0.05) is 0 Å². The molecule has 1 aliphatic heterocycles. The molecule has 26 heavy (non-hydrogen) atoms. The molecule has 0 bridgehead atoms. The van der Waals surface area contributed by atoms with E-state index in [2.05, 4.69) is 35.5 Å². The minimum Gasteiger partial charge on any atom is -0.296 e. The minimum atomic E-state index is -0.261. The molecule has 1 N–H and O–H groups in total. The SMILES string of the molecule is Cc1nc(CN2CCCC2c2nccc(C(=O)Nc3nccs3)n2)cs1. The highest BCUT2D eigenvalue weighted by Crippen LogP contribution is 2.31. The molecule has 1 amide bonds. The number of thiazole rings is 2. The molecule has 3 aromatic rings. The average molecular weight is 387 g/mol. The van der Waals surface area contributed by atoms with E-state index in [-0.39, 0.29) is 11.9 Å². The van der Waals surface area contributed by atoms with Crippen LogP contribution in [0.1, 0.15) is 45.9 Å². The summed E-state index contributed by atoms with van der Waals surface area (Å²) in [6.07, 6.45) is 5.39. The Kier molecular flexibility index (Phi) is 5.00. The summed E-state index contributed by atoms with van der Waals surface area (Å²) in [5, 5.41) is 8.33. The molecule has 0 radical (unpaired) electrons. The second-order valence-corrected chi connectivity index (χ2v) is 8.03. The predicted molar refractivity (Wildman–Crippen MR) is 101 cm³/mol.